The second-order valence-corrected chi connectivity index (χ2v) is 12.3. The van der Waals surface area contributed by atoms with Gasteiger partial charge in [0.1, 0.15) is 0 Å². The molecular weight excluding hydrogens is 559 g/mol. The van der Waals surface area contributed by atoms with Gasteiger partial charge in [-0.25, -0.2) is 13.4 Å². The van der Waals surface area contributed by atoms with Gasteiger partial charge in [-0.1, -0.05) is 30.0 Å². The smallest absolute Gasteiger partial charge is 0.251 e. The van der Waals surface area contributed by atoms with E-state index in [9.17, 15) is 18.0 Å². The number of amides is 2. The highest BCUT2D eigenvalue weighted by molar-refractivity contribution is 7.99. The first kappa shape index (κ1) is 27.0. The zero-order valence-electron chi connectivity index (χ0n) is 20.7. The van der Waals surface area contributed by atoms with Gasteiger partial charge in [0.05, 0.1) is 17.2 Å². The van der Waals surface area contributed by atoms with E-state index in [1.54, 1.807) is 16.1 Å². The first-order valence-corrected chi connectivity index (χ1v) is 15.4. The fraction of sp³-hybridized carbons (Fsp3) is 0.240. The number of benzene rings is 2. The molecule has 0 unspecified atom stereocenters. The number of rotatable bonds is 10. The van der Waals surface area contributed by atoms with Gasteiger partial charge in [-0.2, -0.15) is 4.31 Å². The monoisotopic (exact) mass is 583 g/mol. The average Bonchev–Trinajstić information content (AvgIpc) is 3.74. The average molecular weight is 584 g/mol. The van der Waals surface area contributed by atoms with E-state index in [0.29, 0.717) is 34.8 Å². The third-order valence-electron chi connectivity index (χ3n) is 5.95. The van der Waals surface area contributed by atoms with Crippen molar-refractivity contribution in [2.75, 3.05) is 24.2 Å². The zero-order chi connectivity index (χ0) is 27.2. The predicted molar refractivity (Wildman–Crippen MR) is 148 cm³/mol. The van der Waals surface area contributed by atoms with Gasteiger partial charge in [0.15, 0.2) is 16.1 Å². The number of aromatic nitrogens is 4. The SMILES string of the molecule is O=C(CSc1nnc(CNC(=O)c2ccc(S(=O)(=O)N3CCCC3)cc2)n1-c1ccccc1)Nc1nccs1. The number of nitrogens with one attached hydrogen (secondary N) is 2. The van der Waals surface area contributed by atoms with Crippen LogP contribution >= 0.6 is 23.1 Å². The molecule has 1 aliphatic heterocycles. The number of thioether (sulfide) groups is 1. The first-order chi connectivity index (χ1) is 18.9. The summed E-state index contributed by atoms with van der Waals surface area (Å²) in [6.07, 6.45) is 3.33. The number of nitrogens with zero attached hydrogens (tertiary/aromatic N) is 5. The van der Waals surface area contributed by atoms with Crippen molar-refractivity contribution in [3.63, 3.8) is 0 Å². The Balaban J connectivity index is 1.26. The summed E-state index contributed by atoms with van der Waals surface area (Å²) in [6, 6.07) is 15.3. The molecular formula is C25H25N7O4S3. The summed E-state index contributed by atoms with van der Waals surface area (Å²) >= 11 is 2.55. The van der Waals surface area contributed by atoms with Crippen LogP contribution in [0.1, 0.15) is 29.0 Å². The van der Waals surface area contributed by atoms with Gasteiger partial charge >= 0.3 is 0 Å². The lowest BCUT2D eigenvalue weighted by molar-refractivity contribution is -0.113. The van der Waals surface area contributed by atoms with Crippen LogP contribution in [0.3, 0.4) is 0 Å². The lowest BCUT2D eigenvalue weighted by atomic mass is 10.2. The summed E-state index contributed by atoms with van der Waals surface area (Å²) in [5.74, 6) is -0.0168. The molecule has 2 aromatic carbocycles. The number of para-hydroxylation sites is 1. The number of carbonyl (C=O) groups is 2. The maximum atomic E-state index is 12.9. The second-order valence-electron chi connectivity index (χ2n) is 8.56. The highest BCUT2D eigenvalue weighted by Crippen LogP contribution is 2.23. The molecule has 0 spiro atoms. The fourth-order valence-electron chi connectivity index (χ4n) is 4.03. The van der Waals surface area contributed by atoms with Crippen molar-refractivity contribution in [3.8, 4) is 5.69 Å². The van der Waals surface area contributed by atoms with Crippen molar-refractivity contribution >= 4 is 50.1 Å². The minimum Gasteiger partial charge on any atom is -0.345 e. The molecule has 0 radical (unpaired) electrons. The quantitative estimate of drug-likeness (QED) is 0.272. The van der Waals surface area contributed by atoms with E-state index in [4.69, 9.17) is 0 Å². The summed E-state index contributed by atoms with van der Waals surface area (Å²) in [5.41, 5.74) is 1.11. The van der Waals surface area contributed by atoms with Crippen molar-refractivity contribution in [2.45, 2.75) is 29.4 Å². The van der Waals surface area contributed by atoms with Crippen LogP contribution in [-0.4, -0.2) is 63.1 Å². The largest absolute Gasteiger partial charge is 0.345 e. The van der Waals surface area contributed by atoms with Crippen LogP contribution in [0.2, 0.25) is 0 Å². The van der Waals surface area contributed by atoms with Crippen LogP contribution < -0.4 is 10.6 Å². The molecule has 5 rings (SSSR count). The highest BCUT2D eigenvalue weighted by Gasteiger charge is 2.27. The molecule has 2 amide bonds. The Bertz CT molecular complexity index is 1530. The number of carbonyl (C=O) groups excluding carboxylic acids is 2. The minimum atomic E-state index is -3.55. The summed E-state index contributed by atoms with van der Waals surface area (Å²) in [6.45, 7) is 1.10. The van der Waals surface area contributed by atoms with Crippen molar-refractivity contribution < 1.29 is 18.0 Å². The van der Waals surface area contributed by atoms with Crippen LogP contribution in [-0.2, 0) is 21.4 Å². The Hall–Kier alpha value is -3.59. The molecule has 1 fully saturated rings. The van der Waals surface area contributed by atoms with E-state index < -0.39 is 10.0 Å². The normalized spacial score (nSPS) is 13.8. The Morgan fingerprint density at radius 2 is 1.74 bits per heavy atom. The van der Waals surface area contributed by atoms with E-state index in [-0.39, 0.29) is 29.0 Å². The fourth-order valence-corrected chi connectivity index (χ4v) is 6.87. The van der Waals surface area contributed by atoms with Gasteiger partial charge in [-0.15, -0.1) is 21.5 Å². The molecule has 0 saturated carbocycles. The molecule has 0 atom stereocenters. The summed E-state index contributed by atoms with van der Waals surface area (Å²) in [4.78, 5) is 29.4. The molecule has 202 valence electrons. The van der Waals surface area contributed by atoms with Crippen LogP contribution in [0.4, 0.5) is 5.13 Å². The van der Waals surface area contributed by atoms with Gasteiger partial charge in [-0.05, 0) is 49.2 Å². The van der Waals surface area contributed by atoms with E-state index >= 15 is 0 Å². The van der Waals surface area contributed by atoms with Crippen molar-refractivity contribution in [3.05, 3.63) is 77.6 Å². The maximum absolute atomic E-state index is 12.9. The Morgan fingerprint density at radius 1 is 1.00 bits per heavy atom. The standard InChI is InChI=1S/C25H25N7O4S3/c33-22(28-24-26-12-15-37-24)17-38-25-30-29-21(32(25)19-6-2-1-3-7-19)16-27-23(34)18-8-10-20(11-9-18)39(35,36)31-13-4-5-14-31/h1-3,6-12,15H,4-5,13-14,16-17H2,(H,27,34)(H,26,28,33). The molecule has 2 aromatic heterocycles. The molecule has 1 aliphatic rings. The molecule has 14 heteroatoms. The predicted octanol–water partition coefficient (Wildman–Crippen LogP) is 3.17. The number of thiazole rings is 1. The summed E-state index contributed by atoms with van der Waals surface area (Å²) in [5, 5.41) is 16.9. The molecule has 1 saturated heterocycles. The number of sulfonamides is 1. The van der Waals surface area contributed by atoms with Crippen molar-refractivity contribution in [2.24, 2.45) is 0 Å². The Kier molecular flexibility index (Phi) is 8.35. The lowest BCUT2D eigenvalue weighted by Gasteiger charge is -2.15. The van der Waals surface area contributed by atoms with Gasteiger partial charge in [0.2, 0.25) is 15.9 Å². The number of anilines is 1. The maximum Gasteiger partial charge on any atom is 0.251 e. The lowest BCUT2D eigenvalue weighted by Crippen LogP contribution is -2.28. The van der Waals surface area contributed by atoms with Gasteiger partial charge in [0, 0.05) is 35.9 Å². The Labute approximate surface area is 233 Å². The van der Waals surface area contributed by atoms with Crippen LogP contribution in [0.25, 0.3) is 5.69 Å². The highest BCUT2D eigenvalue weighted by atomic mass is 32.2. The molecule has 4 aromatic rings. The van der Waals surface area contributed by atoms with Crippen molar-refractivity contribution in [1.82, 2.24) is 29.4 Å². The molecule has 0 aliphatic carbocycles. The summed E-state index contributed by atoms with van der Waals surface area (Å²) < 4.78 is 28.8. The molecule has 11 nitrogen and oxygen atoms in total. The third kappa shape index (κ3) is 6.36. The van der Waals surface area contributed by atoms with Crippen molar-refractivity contribution in [1.29, 1.82) is 0 Å². The molecule has 3 heterocycles. The van der Waals surface area contributed by atoms with Gasteiger partial charge in [0.25, 0.3) is 5.91 Å². The molecule has 0 bridgehead atoms. The van der Waals surface area contributed by atoms with Gasteiger partial charge < -0.3 is 10.6 Å². The van der Waals surface area contributed by atoms with Gasteiger partial charge in [-0.3, -0.25) is 14.2 Å². The van der Waals surface area contributed by atoms with E-state index in [1.807, 2.05) is 30.3 Å². The van der Waals surface area contributed by atoms with Crippen LogP contribution in [0.15, 0.2) is 76.2 Å². The van der Waals surface area contributed by atoms with E-state index in [2.05, 4.69) is 25.8 Å². The summed E-state index contributed by atoms with van der Waals surface area (Å²) in [7, 11) is -3.55. The minimum absolute atomic E-state index is 0.0699. The van der Waals surface area contributed by atoms with Crippen LogP contribution in [0, 0.1) is 0 Å². The topological polar surface area (TPSA) is 139 Å². The van der Waals surface area contributed by atoms with E-state index in [0.717, 1.165) is 18.5 Å². The van der Waals surface area contributed by atoms with E-state index in [1.165, 1.54) is 51.7 Å². The van der Waals surface area contributed by atoms with Crippen LogP contribution in [0.5, 0.6) is 0 Å². The second kappa shape index (κ2) is 12.1. The zero-order valence-corrected chi connectivity index (χ0v) is 23.1. The number of hydrogen-bond donors (Lipinski definition) is 2. The first-order valence-electron chi connectivity index (χ1n) is 12.1. The third-order valence-corrected chi connectivity index (χ3v) is 9.48. The number of hydrogen-bond acceptors (Lipinski definition) is 9. The molecule has 2 N–H and O–H groups in total. The Morgan fingerprint density at radius 3 is 2.44 bits per heavy atom. The molecule has 39 heavy (non-hydrogen) atoms.